The first-order valence-electron chi connectivity index (χ1n) is 9.20. The Bertz CT molecular complexity index is 941. The highest BCUT2D eigenvalue weighted by molar-refractivity contribution is 6.07. The van der Waals surface area contributed by atoms with Crippen molar-refractivity contribution in [2.75, 3.05) is 0 Å². The van der Waals surface area contributed by atoms with E-state index in [1.54, 1.807) is 0 Å². The average Bonchev–Trinajstić information content (AvgIpc) is 2.81. The minimum absolute atomic E-state index is 0.196. The zero-order chi connectivity index (χ0) is 19.9. The molecule has 1 fully saturated rings. The summed E-state index contributed by atoms with van der Waals surface area (Å²) in [6.07, 6.45) is -1.48. The third-order valence-corrected chi connectivity index (χ3v) is 5.50. The van der Waals surface area contributed by atoms with Gasteiger partial charge in [-0.2, -0.15) is 13.2 Å². The quantitative estimate of drug-likeness (QED) is 0.777. The van der Waals surface area contributed by atoms with Gasteiger partial charge < -0.3 is 5.32 Å². The van der Waals surface area contributed by atoms with E-state index in [0.29, 0.717) is 6.42 Å². The summed E-state index contributed by atoms with van der Waals surface area (Å²) in [5.74, 6) is -0.399. The Hall–Kier alpha value is -2.83. The molecule has 1 aliphatic carbocycles. The molecule has 28 heavy (non-hydrogen) atoms. The number of hydrogen-bond donors (Lipinski definition) is 1. The first-order valence-corrected chi connectivity index (χ1v) is 9.20. The molecule has 146 valence electrons. The standard InChI is InChI=1S/C21H19F3N2O2/c22-21(23,24)16-9-5-6-14(12-16)13-26-18(27)20(25-19(26)28)11-4-3-8-15-7-1-2-10-17(15)20/h1-2,5-7,9-10,12H,3-4,8,11,13H2,(H,25,28). The highest BCUT2D eigenvalue weighted by atomic mass is 19.4. The molecule has 1 aliphatic heterocycles. The third kappa shape index (κ3) is 3.04. The topological polar surface area (TPSA) is 49.4 Å². The fraction of sp³-hybridized carbons (Fsp3) is 0.333. The molecule has 1 atom stereocenters. The van der Waals surface area contributed by atoms with Gasteiger partial charge in [-0.15, -0.1) is 0 Å². The van der Waals surface area contributed by atoms with Gasteiger partial charge >= 0.3 is 12.2 Å². The van der Waals surface area contributed by atoms with Crippen molar-refractivity contribution >= 4 is 11.9 Å². The van der Waals surface area contributed by atoms with Gasteiger partial charge in [0.05, 0.1) is 12.1 Å². The van der Waals surface area contributed by atoms with Gasteiger partial charge in [-0.3, -0.25) is 9.69 Å². The molecule has 1 spiro atoms. The second-order valence-electron chi connectivity index (χ2n) is 7.29. The molecule has 1 N–H and O–H groups in total. The number of alkyl halides is 3. The molecular weight excluding hydrogens is 369 g/mol. The van der Waals surface area contributed by atoms with Crippen molar-refractivity contribution in [3.8, 4) is 0 Å². The van der Waals surface area contributed by atoms with E-state index >= 15 is 0 Å². The number of carbonyl (C=O) groups excluding carboxylic acids is 2. The molecule has 0 saturated carbocycles. The molecular formula is C21H19F3N2O2. The Morgan fingerprint density at radius 1 is 1.04 bits per heavy atom. The molecule has 7 heteroatoms. The van der Waals surface area contributed by atoms with E-state index in [1.807, 2.05) is 24.3 Å². The molecule has 2 aromatic carbocycles. The van der Waals surface area contributed by atoms with Gasteiger partial charge in [0, 0.05) is 0 Å². The molecule has 2 aliphatic rings. The van der Waals surface area contributed by atoms with E-state index in [9.17, 15) is 22.8 Å². The number of nitrogens with zero attached hydrogens (tertiary/aromatic N) is 1. The van der Waals surface area contributed by atoms with Crippen molar-refractivity contribution in [1.29, 1.82) is 0 Å². The van der Waals surface area contributed by atoms with Crippen molar-refractivity contribution in [1.82, 2.24) is 10.2 Å². The summed E-state index contributed by atoms with van der Waals surface area (Å²) in [6, 6.07) is 11.7. The van der Waals surface area contributed by atoms with Crippen LogP contribution in [0.15, 0.2) is 48.5 Å². The Kier molecular flexibility index (Phi) is 4.40. The van der Waals surface area contributed by atoms with Crippen molar-refractivity contribution in [2.45, 2.75) is 43.9 Å². The minimum Gasteiger partial charge on any atom is -0.319 e. The monoisotopic (exact) mass is 388 g/mol. The zero-order valence-electron chi connectivity index (χ0n) is 15.1. The number of fused-ring (bicyclic) bond motifs is 2. The third-order valence-electron chi connectivity index (χ3n) is 5.50. The first-order chi connectivity index (χ1) is 13.3. The number of hydrogen-bond acceptors (Lipinski definition) is 2. The van der Waals surface area contributed by atoms with Crippen molar-refractivity contribution < 1.29 is 22.8 Å². The van der Waals surface area contributed by atoms with Gasteiger partial charge in [0.2, 0.25) is 0 Å². The van der Waals surface area contributed by atoms with Crippen LogP contribution in [0.2, 0.25) is 0 Å². The summed E-state index contributed by atoms with van der Waals surface area (Å²) in [5.41, 5.74) is 0.141. The molecule has 0 radical (unpaired) electrons. The van der Waals surface area contributed by atoms with Crippen LogP contribution in [0.25, 0.3) is 0 Å². The maximum atomic E-state index is 13.3. The van der Waals surface area contributed by atoms with E-state index in [4.69, 9.17) is 0 Å². The molecule has 0 bridgehead atoms. The highest BCUT2D eigenvalue weighted by Crippen LogP contribution is 2.39. The first kappa shape index (κ1) is 18.5. The van der Waals surface area contributed by atoms with Gasteiger partial charge in [-0.25, -0.2) is 4.79 Å². The molecule has 2 aromatic rings. The van der Waals surface area contributed by atoms with Crippen LogP contribution in [0.4, 0.5) is 18.0 Å². The van der Waals surface area contributed by atoms with Gasteiger partial charge in [-0.05, 0) is 54.5 Å². The number of aryl methyl sites for hydroxylation is 1. The number of halogens is 3. The molecule has 1 unspecified atom stereocenters. The largest absolute Gasteiger partial charge is 0.416 e. The zero-order valence-corrected chi connectivity index (χ0v) is 15.1. The van der Waals surface area contributed by atoms with Crippen LogP contribution in [0.5, 0.6) is 0 Å². The lowest BCUT2D eigenvalue weighted by atomic mass is 9.84. The molecule has 1 saturated heterocycles. The molecule has 4 rings (SSSR count). The second-order valence-corrected chi connectivity index (χ2v) is 7.29. The Labute approximate surface area is 160 Å². The predicted molar refractivity (Wildman–Crippen MR) is 96.2 cm³/mol. The predicted octanol–water partition coefficient (Wildman–Crippen LogP) is 4.38. The van der Waals surface area contributed by atoms with E-state index in [2.05, 4.69) is 5.32 Å². The van der Waals surface area contributed by atoms with Gasteiger partial charge in [0.1, 0.15) is 5.54 Å². The molecule has 3 amide bonds. The smallest absolute Gasteiger partial charge is 0.319 e. The van der Waals surface area contributed by atoms with E-state index in [1.165, 1.54) is 12.1 Å². The number of benzene rings is 2. The fourth-order valence-corrected chi connectivity index (χ4v) is 4.15. The van der Waals surface area contributed by atoms with Crippen LogP contribution in [0.3, 0.4) is 0 Å². The summed E-state index contributed by atoms with van der Waals surface area (Å²) >= 11 is 0. The second kappa shape index (κ2) is 6.65. The van der Waals surface area contributed by atoms with E-state index < -0.39 is 29.2 Å². The number of rotatable bonds is 2. The van der Waals surface area contributed by atoms with Crippen molar-refractivity contribution in [3.63, 3.8) is 0 Å². The summed E-state index contributed by atoms with van der Waals surface area (Å²) in [7, 11) is 0. The van der Waals surface area contributed by atoms with E-state index in [0.717, 1.165) is 47.4 Å². The number of nitrogens with one attached hydrogen (secondary N) is 1. The maximum Gasteiger partial charge on any atom is 0.416 e. The summed E-state index contributed by atoms with van der Waals surface area (Å²) < 4.78 is 38.9. The fourth-order valence-electron chi connectivity index (χ4n) is 4.15. The summed E-state index contributed by atoms with van der Waals surface area (Å²) in [6.45, 7) is -0.196. The minimum atomic E-state index is -4.48. The van der Waals surface area contributed by atoms with Gasteiger partial charge in [0.25, 0.3) is 5.91 Å². The normalized spacial score (nSPS) is 22.2. The number of amides is 3. The maximum absolute atomic E-state index is 13.3. The lowest BCUT2D eigenvalue weighted by Crippen LogP contribution is -2.44. The van der Waals surface area contributed by atoms with Crippen LogP contribution in [0.1, 0.15) is 41.5 Å². The number of urea groups is 1. The lowest BCUT2D eigenvalue weighted by molar-refractivity contribution is -0.137. The summed E-state index contributed by atoms with van der Waals surface area (Å²) in [4.78, 5) is 27.0. The average molecular weight is 388 g/mol. The van der Waals surface area contributed by atoms with Crippen LogP contribution >= 0.6 is 0 Å². The molecule has 0 aromatic heterocycles. The Balaban J connectivity index is 1.67. The molecule has 4 nitrogen and oxygen atoms in total. The summed E-state index contributed by atoms with van der Waals surface area (Å²) in [5, 5.41) is 2.85. The van der Waals surface area contributed by atoms with Crippen LogP contribution < -0.4 is 5.32 Å². The van der Waals surface area contributed by atoms with E-state index in [-0.39, 0.29) is 12.1 Å². The molecule has 1 heterocycles. The highest BCUT2D eigenvalue weighted by Gasteiger charge is 2.53. The van der Waals surface area contributed by atoms with Gasteiger partial charge in [-0.1, -0.05) is 36.4 Å². The SMILES string of the molecule is O=C1NC2(CCCCc3ccccc32)C(=O)N1Cc1cccc(C(F)(F)F)c1. The van der Waals surface area contributed by atoms with Crippen LogP contribution in [0, 0.1) is 0 Å². The van der Waals surface area contributed by atoms with Gasteiger partial charge in [0.15, 0.2) is 0 Å². The number of imide groups is 1. The van der Waals surface area contributed by atoms with Crippen molar-refractivity contribution in [3.05, 3.63) is 70.8 Å². The van der Waals surface area contributed by atoms with Crippen LogP contribution in [-0.2, 0) is 29.5 Å². The lowest BCUT2D eigenvalue weighted by Gasteiger charge is -2.27. The van der Waals surface area contributed by atoms with Crippen LogP contribution in [-0.4, -0.2) is 16.8 Å². The Morgan fingerprint density at radius 2 is 1.82 bits per heavy atom. The Morgan fingerprint density at radius 3 is 2.61 bits per heavy atom. The van der Waals surface area contributed by atoms with Crippen molar-refractivity contribution in [2.24, 2.45) is 0 Å². The number of carbonyl (C=O) groups is 2.